The number of aromatic nitrogens is 2. The third-order valence-corrected chi connectivity index (χ3v) is 4.34. The van der Waals surface area contributed by atoms with Crippen LogP contribution >= 0.6 is 11.3 Å². The molecule has 8 heteroatoms. The number of carbonyl (C=O) groups is 1. The first kappa shape index (κ1) is 14.3. The van der Waals surface area contributed by atoms with Crippen LogP contribution in [0.15, 0.2) is 0 Å². The summed E-state index contributed by atoms with van der Waals surface area (Å²) in [5, 5.41) is 19.8. The summed E-state index contributed by atoms with van der Waals surface area (Å²) >= 11 is 1.05. The zero-order valence-corrected chi connectivity index (χ0v) is 11.4. The molecule has 106 valence electrons. The zero-order chi connectivity index (χ0) is 14.3. The molecule has 0 saturated heterocycles. The Kier molecular flexibility index (Phi) is 3.57. The molecule has 0 unspecified atom stereocenters. The number of hydrogen-bond acceptors (Lipinski definition) is 5. The Balaban J connectivity index is 2.07. The zero-order valence-electron chi connectivity index (χ0n) is 10.6. The second-order valence-corrected chi connectivity index (χ2v) is 6.02. The van der Waals surface area contributed by atoms with Gasteiger partial charge in [0.15, 0.2) is 0 Å². The number of carbonyl (C=O) groups excluding carboxylic acids is 1. The van der Waals surface area contributed by atoms with E-state index in [0.29, 0.717) is 11.4 Å². The molecular formula is C11H15F2N3O2S. The van der Waals surface area contributed by atoms with Gasteiger partial charge in [-0.1, -0.05) is 25.2 Å². The number of rotatable bonds is 4. The van der Waals surface area contributed by atoms with Gasteiger partial charge in [-0.3, -0.25) is 10.1 Å². The van der Waals surface area contributed by atoms with Crippen molar-refractivity contribution < 1.29 is 18.7 Å². The van der Waals surface area contributed by atoms with Crippen LogP contribution in [0, 0.1) is 0 Å². The molecule has 0 atom stereocenters. The van der Waals surface area contributed by atoms with E-state index < -0.39 is 17.4 Å². The van der Waals surface area contributed by atoms with Crippen LogP contribution < -0.4 is 5.32 Å². The summed E-state index contributed by atoms with van der Waals surface area (Å²) in [4.78, 5) is 11.6. The lowest BCUT2D eigenvalue weighted by atomic mass is 9.75. The Bertz CT molecular complexity index is 486. The van der Waals surface area contributed by atoms with E-state index in [1.807, 2.05) is 19.2 Å². The molecule has 0 radical (unpaired) electrons. The van der Waals surface area contributed by atoms with E-state index in [1.54, 1.807) is 0 Å². The van der Waals surface area contributed by atoms with Gasteiger partial charge in [-0.2, -0.15) is 8.78 Å². The Hall–Kier alpha value is -1.15. The molecule has 1 fully saturated rings. The van der Waals surface area contributed by atoms with Crippen LogP contribution in [-0.4, -0.2) is 32.7 Å². The molecule has 19 heavy (non-hydrogen) atoms. The highest BCUT2D eigenvalue weighted by molar-refractivity contribution is 7.15. The number of hydrogen-bond donors (Lipinski definition) is 2. The van der Waals surface area contributed by atoms with Crippen LogP contribution in [-0.2, 0) is 4.79 Å². The summed E-state index contributed by atoms with van der Waals surface area (Å²) in [5.41, 5.74) is -2.22. The van der Waals surface area contributed by atoms with Gasteiger partial charge in [0.25, 0.3) is 5.91 Å². The van der Waals surface area contributed by atoms with E-state index in [1.165, 1.54) is 0 Å². The predicted octanol–water partition coefficient (Wildman–Crippen LogP) is 2.15. The molecule has 1 saturated carbocycles. The quantitative estimate of drug-likeness (QED) is 0.891. The summed E-state index contributed by atoms with van der Waals surface area (Å²) in [6.07, 6.45) is 0.358. The Labute approximate surface area is 113 Å². The maximum atomic E-state index is 13.8. The normalized spacial score (nSPS) is 18.2. The van der Waals surface area contributed by atoms with Crippen LogP contribution in [0.3, 0.4) is 0 Å². The van der Waals surface area contributed by atoms with Gasteiger partial charge in [-0.15, -0.1) is 10.2 Å². The SMILES string of the molecule is CC(C)c1nnc(NC(=O)C(F)(F)C2(O)CCC2)s1. The van der Waals surface area contributed by atoms with Crippen LogP contribution in [0.25, 0.3) is 0 Å². The van der Waals surface area contributed by atoms with Crippen molar-refractivity contribution in [2.24, 2.45) is 0 Å². The minimum Gasteiger partial charge on any atom is -0.383 e. The summed E-state index contributed by atoms with van der Waals surface area (Å²) in [6.45, 7) is 3.77. The molecular weight excluding hydrogens is 276 g/mol. The number of nitrogens with one attached hydrogen (secondary N) is 1. The maximum Gasteiger partial charge on any atom is 0.352 e. The van der Waals surface area contributed by atoms with Crippen LogP contribution in [0.1, 0.15) is 44.0 Å². The molecule has 1 aromatic heterocycles. The maximum absolute atomic E-state index is 13.8. The van der Waals surface area contributed by atoms with E-state index in [0.717, 1.165) is 11.3 Å². The van der Waals surface area contributed by atoms with E-state index >= 15 is 0 Å². The lowest BCUT2D eigenvalue weighted by Gasteiger charge is -2.41. The molecule has 1 aliphatic carbocycles. The van der Waals surface area contributed by atoms with E-state index in [2.05, 4.69) is 10.2 Å². The van der Waals surface area contributed by atoms with Gasteiger partial charge < -0.3 is 5.11 Å². The van der Waals surface area contributed by atoms with Crippen LogP contribution in [0.5, 0.6) is 0 Å². The van der Waals surface area contributed by atoms with Crippen LogP contribution in [0.2, 0.25) is 0 Å². The van der Waals surface area contributed by atoms with Gasteiger partial charge in [-0.25, -0.2) is 0 Å². The molecule has 1 aromatic rings. The Morgan fingerprint density at radius 3 is 2.53 bits per heavy atom. The molecule has 0 aromatic carbocycles. The molecule has 1 heterocycles. The first-order valence-electron chi connectivity index (χ1n) is 6.01. The lowest BCUT2D eigenvalue weighted by molar-refractivity contribution is -0.212. The number of aliphatic hydroxyl groups is 1. The van der Waals surface area contributed by atoms with Gasteiger partial charge in [0, 0.05) is 5.92 Å². The molecule has 0 bridgehead atoms. The molecule has 1 amide bonds. The fourth-order valence-electron chi connectivity index (χ4n) is 1.73. The second-order valence-electron chi connectivity index (χ2n) is 5.01. The highest BCUT2D eigenvalue weighted by atomic mass is 32.1. The highest BCUT2D eigenvalue weighted by Crippen LogP contribution is 2.44. The second kappa shape index (κ2) is 4.75. The first-order valence-corrected chi connectivity index (χ1v) is 6.83. The fourth-order valence-corrected chi connectivity index (χ4v) is 2.47. The van der Waals surface area contributed by atoms with Crippen molar-refractivity contribution in [1.29, 1.82) is 0 Å². The van der Waals surface area contributed by atoms with E-state index in [9.17, 15) is 18.7 Å². The molecule has 2 rings (SSSR count). The number of alkyl halides is 2. The van der Waals surface area contributed by atoms with Crippen molar-refractivity contribution in [3.8, 4) is 0 Å². The summed E-state index contributed by atoms with van der Waals surface area (Å²) in [7, 11) is 0. The van der Waals surface area contributed by atoms with Gasteiger partial charge in [0.2, 0.25) is 5.13 Å². The average molecular weight is 291 g/mol. The van der Waals surface area contributed by atoms with E-state index in [-0.39, 0.29) is 23.9 Å². The first-order chi connectivity index (χ1) is 8.76. The predicted molar refractivity (Wildman–Crippen MR) is 66.4 cm³/mol. The van der Waals surface area contributed by atoms with Crippen molar-refractivity contribution in [3.05, 3.63) is 5.01 Å². The van der Waals surface area contributed by atoms with Gasteiger partial charge in [0.05, 0.1) is 0 Å². The van der Waals surface area contributed by atoms with Gasteiger partial charge >= 0.3 is 5.92 Å². The Morgan fingerprint density at radius 2 is 2.11 bits per heavy atom. The standard InChI is InChI=1S/C11H15F2N3O2S/c1-6(2)7-15-16-9(19-7)14-8(17)11(12,13)10(18)4-3-5-10/h6,18H,3-5H2,1-2H3,(H,14,16,17). The number of amides is 1. The van der Waals surface area contributed by atoms with Crippen molar-refractivity contribution in [1.82, 2.24) is 10.2 Å². The van der Waals surface area contributed by atoms with Crippen molar-refractivity contribution in [3.63, 3.8) is 0 Å². The van der Waals surface area contributed by atoms with E-state index in [4.69, 9.17) is 0 Å². The van der Waals surface area contributed by atoms with Crippen molar-refractivity contribution in [2.75, 3.05) is 5.32 Å². The summed E-state index contributed by atoms with van der Waals surface area (Å²) < 4.78 is 27.6. The van der Waals surface area contributed by atoms with Crippen LogP contribution in [0.4, 0.5) is 13.9 Å². The van der Waals surface area contributed by atoms with Gasteiger partial charge in [0.1, 0.15) is 10.6 Å². The minimum atomic E-state index is -3.81. The molecule has 1 aliphatic rings. The van der Waals surface area contributed by atoms with Gasteiger partial charge in [-0.05, 0) is 19.3 Å². The third-order valence-electron chi connectivity index (χ3n) is 3.21. The molecule has 2 N–H and O–H groups in total. The summed E-state index contributed by atoms with van der Waals surface area (Å²) in [6, 6.07) is 0. The number of halogens is 2. The average Bonchev–Trinajstić information content (AvgIpc) is 2.74. The smallest absolute Gasteiger partial charge is 0.352 e. The highest BCUT2D eigenvalue weighted by Gasteiger charge is 2.61. The minimum absolute atomic E-state index is 0.0244. The Morgan fingerprint density at radius 1 is 1.47 bits per heavy atom. The number of nitrogens with zero attached hydrogens (tertiary/aromatic N) is 2. The van der Waals surface area contributed by atoms with Crippen molar-refractivity contribution in [2.45, 2.75) is 50.6 Å². The third kappa shape index (κ3) is 2.46. The molecule has 0 aliphatic heterocycles. The molecule has 5 nitrogen and oxygen atoms in total. The largest absolute Gasteiger partial charge is 0.383 e. The summed E-state index contributed by atoms with van der Waals surface area (Å²) in [5.74, 6) is -5.23. The fraction of sp³-hybridized carbons (Fsp3) is 0.727. The monoisotopic (exact) mass is 291 g/mol. The number of anilines is 1. The lowest BCUT2D eigenvalue weighted by Crippen LogP contribution is -2.59. The molecule has 0 spiro atoms. The topological polar surface area (TPSA) is 75.1 Å². The van der Waals surface area contributed by atoms with Crippen molar-refractivity contribution >= 4 is 22.4 Å².